The molecule has 0 N–H and O–H groups in total. The van der Waals surface area contributed by atoms with Crippen LogP contribution in [0.4, 0.5) is 17.1 Å². The van der Waals surface area contributed by atoms with Gasteiger partial charge >= 0.3 is 0 Å². The molecule has 3 nitrogen and oxygen atoms in total. The molecule has 59 heavy (non-hydrogen) atoms. The van der Waals surface area contributed by atoms with Gasteiger partial charge in [0.15, 0.2) is 0 Å². The molecule has 0 amide bonds. The lowest BCUT2D eigenvalue weighted by molar-refractivity contribution is 0.714. The highest BCUT2D eigenvalue weighted by Crippen LogP contribution is 2.54. The molecule has 1 atom stereocenters. The molecule has 0 saturated carbocycles. The Morgan fingerprint density at radius 2 is 0.966 bits per heavy atom. The van der Waals surface area contributed by atoms with Crippen molar-refractivity contribution in [1.29, 1.82) is 0 Å². The summed E-state index contributed by atoms with van der Waals surface area (Å²) in [6.07, 6.45) is 0. The number of para-hydroxylation sites is 3. The molecule has 3 aromatic heterocycles. The topological polar surface area (TPSA) is 12.6 Å². The van der Waals surface area contributed by atoms with Crippen LogP contribution in [0, 0.1) is 0 Å². The number of hydrogen-bond donors (Lipinski definition) is 0. The van der Waals surface area contributed by atoms with Crippen molar-refractivity contribution >= 4 is 77.0 Å². The molecule has 276 valence electrons. The molecule has 0 fully saturated rings. The highest BCUT2D eigenvalue weighted by atomic mass is 15.1. The molecule has 0 bridgehead atoms. The van der Waals surface area contributed by atoms with Crippen LogP contribution in [0.25, 0.3) is 76.7 Å². The fraction of sp³-hybridized carbons (Fsp3) is 0.0357. The monoisotopic (exact) mass is 751 g/mol. The number of fused-ring (bicyclic) bond motifs is 9. The lowest BCUT2D eigenvalue weighted by atomic mass is 9.74. The summed E-state index contributed by atoms with van der Waals surface area (Å²) in [5.74, 6) is 0. The highest BCUT2D eigenvalue weighted by Gasteiger charge is 2.41. The Bertz CT molecular complexity index is 3610. The summed E-state index contributed by atoms with van der Waals surface area (Å²) >= 11 is 0. The minimum absolute atomic E-state index is 0.287. The minimum Gasteiger partial charge on any atom is -0.310 e. The van der Waals surface area contributed by atoms with Crippen LogP contribution < -0.4 is 4.90 Å². The second kappa shape index (κ2) is 12.0. The standard InChI is InChI=1S/C56H37N3/c1-56(36-15-4-2-5-16-36)47-23-11-8-19-41(47)42-32-31-40(35-48(42)56)57(37-17-6-3-7-18-37)38-27-29-39(30-28-38)58-51-26-14-22-45-43-20-9-12-24-49(43)59-50-25-13-10-21-44(50)46-33-34-52(58)54(53(45)51)55(46)59/h2-35H,1H3. The fourth-order valence-electron chi connectivity index (χ4n) is 10.7. The first-order valence-corrected chi connectivity index (χ1v) is 20.5. The molecule has 0 radical (unpaired) electrons. The van der Waals surface area contributed by atoms with Crippen molar-refractivity contribution in [2.75, 3.05) is 4.90 Å². The van der Waals surface area contributed by atoms with Gasteiger partial charge in [0, 0.05) is 55.1 Å². The number of anilines is 3. The van der Waals surface area contributed by atoms with Gasteiger partial charge in [0.1, 0.15) is 0 Å². The van der Waals surface area contributed by atoms with E-state index in [1.807, 2.05) is 0 Å². The van der Waals surface area contributed by atoms with E-state index in [1.165, 1.54) is 87.7 Å². The van der Waals surface area contributed by atoms with Crippen LogP contribution >= 0.6 is 0 Å². The molecule has 0 saturated heterocycles. The number of aromatic nitrogens is 2. The molecular formula is C56H37N3. The van der Waals surface area contributed by atoms with E-state index in [1.54, 1.807) is 0 Å². The van der Waals surface area contributed by atoms with Crippen LogP contribution in [0.15, 0.2) is 206 Å². The van der Waals surface area contributed by atoms with Gasteiger partial charge < -0.3 is 13.9 Å². The molecule has 0 aliphatic heterocycles. The maximum Gasteiger partial charge on any atom is 0.0641 e. The Balaban J connectivity index is 1.02. The Morgan fingerprint density at radius 3 is 1.75 bits per heavy atom. The number of hydrogen-bond acceptors (Lipinski definition) is 1. The van der Waals surface area contributed by atoms with E-state index < -0.39 is 0 Å². The van der Waals surface area contributed by atoms with E-state index >= 15 is 0 Å². The Kier molecular flexibility index (Phi) is 6.58. The predicted molar refractivity (Wildman–Crippen MR) is 248 cm³/mol. The third-order valence-corrected chi connectivity index (χ3v) is 13.3. The molecule has 1 aliphatic rings. The summed E-state index contributed by atoms with van der Waals surface area (Å²) in [7, 11) is 0. The van der Waals surface area contributed by atoms with E-state index in [0.717, 1.165) is 22.7 Å². The summed E-state index contributed by atoms with van der Waals surface area (Å²) in [4.78, 5) is 2.40. The van der Waals surface area contributed by atoms with Crippen LogP contribution in [0.2, 0.25) is 0 Å². The zero-order chi connectivity index (χ0) is 38.8. The van der Waals surface area contributed by atoms with Gasteiger partial charge in [-0.05, 0) is 113 Å². The normalized spacial score (nSPS) is 14.9. The number of benzene rings is 9. The van der Waals surface area contributed by atoms with Crippen LogP contribution in [-0.2, 0) is 5.41 Å². The quantitative estimate of drug-likeness (QED) is 0.171. The predicted octanol–water partition coefficient (Wildman–Crippen LogP) is 14.7. The van der Waals surface area contributed by atoms with Gasteiger partial charge in [-0.1, -0.05) is 133 Å². The lowest BCUT2D eigenvalue weighted by Crippen LogP contribution is -2.22. The van der Waals surface area contributed by atoms with Crippen LogP contribution in [0.1, 0.15) is 23.6 Å². The van der Waals surface area contributed by atoms with Gasteiger partial charge in [0.25, 0.3) is 0 Å². The molecule has 12 aromatic rings. The maximum atomic E-state index is 2.50. The average molecular weight is 752 g/mol. The van der Waals surface area contributed by atoms with Gasteiger partial charge in [0.05, 0.1) is 27.6 Å². The molecule has 0 spiro atoms. The Labute approximate surface area is 341 Å². The molecule has 3 heteroatoms. The molecule has 9 aromatic carbocycles. The summed E-state index contributed by atoms with van der Waals surface area (Å²) in [6.45, 7) is 2.39. The summed E-state index contributed by atoms with van der Waals surface area (Å²) in [5, 5.41) is 7.70. The number of nitrogens with zero attached hydrogens (tertiary/aromatic N) is 3. The lowest BCUT2D eigenvalue weighted by Gasteiger charge is -2.31. The summed E-state index contributed by atoms with van der Waals surface area (Å²) in [6, 6.07) is 76.2. The van der Waals surface area contributed by atoms with Crippen LogP contribution in [-0.4, -0.2) is 8.97 Å². The van der Waals surface area contributed by atoms with E-state index in [-0.39, 0.29) is 5.41 Å². The first kappa shape index (κ1) is 32.5. The van der Waals surface area contributed by atoms with E-state index in [2.05, 4.69) is 227 Å². The van der Waals surface area contributed by atoms with Crippen molar-refractivity contribution in [2.24, 2.45) is 0 Å². The Hall–Kier alpha value is -7.62. The van der Waals surface area contributed by atoms with E-state index in [4.69, 9.17) is 0 Å². The molecule has 3 heterocycles. The van der Waals surface area contributed by atoms with Crippen LogP contribution in [0.5, 0.6) is 0 Å². The third kappa shape index (κ3) is 4.31. The largest absolute Gasteiger partial charge is 0.310 e. The fourth-order valence-corrected chi connectivity index (χ4v) is 10.7. The third-order valence-electron chi connectivity index (χ3n) is 13.3. The molecule has 1 unspecified atom stereocenters. The van der Waals surface area contributed by atoms with Crippen molar-refractivity contribution in [3.63, 3.8) is 0 Å². The van der Waals surface area contributed by atoms with Gasteiger partial charge in [-0.25, -0.2) is 0 Å². The van der Waals surface area contributed by atoms with Gasteiger partial charge in [-0.3, -0.25) is 0 Å². The second-order valence-corrected chi connectivity index (χ2v) is 16.2. The second-order valence-electron chi connectivity index (χ2n) is 16.2. The Morgan fingerprint density at radius 1 is 0.390 bits per heavy atom. The van der Waals surface area contributed by atoms with Crippen LogP contribution in [0.3, 0.4) is 0 Å². The summed E-state index contributed by atoms with van der Waals surface area (Å²) in [5.41, 5.74) is 17.0. The summed E-state index contributed by atoms with van der Waals surface area (Å²) < 4.78 is 4.98. The SMILES string of the molecule is CC1(c2ccccc2)c2ccccc2-c2ccc(N(c3ccccc3)c3ccc(-n4c5cccc6c7ccccc7n7c8ccccc8c8ccc4c(c65)c87)cc3)cc21. The van der Waals surface area contributed by atoms with Crippen molar-refractivity contribution in [3.05, 3.63) is 223 Å². The van der Waals surface area contributed by atoms with E-state index in [9.17, 15) is 0 Å². The number of rotatable bonds is 5. The average Bonchev–Trinajstić information content (AvgIpc) is 3.88. The smallest absolute Gasteiger partial charge is 0.0641 e. The van der Waals surface area contributed by atoms with Gasteiger partial charge in [-0.15, -0.1) is 0 Å². The first-order chi connectivity index (χ1) is 29.2. The van der Waals surface area contributed by atoms with Crippen molar-refractivity contribution in [1.82, 2.24) is 8.97 Å². The molecule has 13 rings (SSSR count). The zero-order valence-electron chi connectivity index (χ0n) is 32.5. The molecule has 1 aliphatic carbocycles. The first-order valence-electron chi connectivity index (χ1n) is 20.5. The minimum atomic E-state index is -0.287. The highest BCUT2D eigenvalue weighted by molar-refractivity contribution is 6.33. The van der Waals surface area contributed by atoms with Crippen molar-refractivity contribution in [3.8, 4) is 16.8 Å². The van der Waals surface area contributed by atoms with Crippen molar-refractivity contribution in [2.45, 2.75) is 12.3 Å². The maximum absolute atomic E-state index is 2.50. The molecular weight excluding hydrogens is 715 g/mol. The van der Waals surface area contributed by atoms with Gasteiger partial charge in [-0.2, -0.15) is 0 Å². The van der Waals surface area contributed by atoms with E-state index in [0.29, 0.717) is 0 Å². The van der Waals surface area contributed by atoms with Crippen molar-refractivity contribution < 1.29 is 0 Å². The van der Waals surface area contributed by atoms with Gasteiger partial charge in [0.2, 0.25) is 0 Å². The zero-order valence-corrected chi connectivity index (χ0v) is 32.5.